The van der Waals surface area contributed by atoms with E-state index in [9.17, 15) is 14.4 Å². The number of rotatable bonds is 3. The van der Waals surface area contributed by atoms with Crippen molar-refractivity contribution in [2.75, 3.05) is 6.79 Å². The number of nitrogens with zero attached hydrogens (tertiary/aromatic N) is 1. The van der Waals surface area contributed by atoms with Gasteiger partial charge in [-0.05, 0) is 27.7 Å². The lowest BCUT2D eigenvalue weighted by atomic mass is 9.98. The van der Waals surface area contributed by atoms with Gasteiger partial charge in [-0.25, -0.2) is 4.79 Å². The molecular weight excluding hydrogens is 282 g/mol. The Hall–Kier alpha value is -1.50. The van der Waals surface area contributed by atoms with Crippen LogP contribution in [0.2, 0.25) is 0 Å². The molecule has 2 heterocycles. The monoisotopic (exact) mass is 299 g/mol. The number of fused-ring (bicyclic) bond motifs is 1. The van der Waals surface area contributed by atoms with Crippen molar-refractivity contribution in [3.63, 3.8) is 0 Å². The Balaban J connectivity index is 1.88. The Morgan fingerprint density at radius 1 is 1.35 bits per heavy atom. The Kier molecular flexibility index (Phi) is 3.82. The zero-order chi connectivity index (χ0) is 15.1. The van der Waals surface area contributed by atoms with Gasteiger partial charge in [0.25, 0.3) is 0 Å². The molecule has 0 aromatic carbocycles. The Labute approximate surface area is 121 Å². The van der Waals surface area contributed by atoms with Crippen molar-refractivity contribution in [3.8, 4) is 0 Å². The number of β-lactam (4-membered cyclic amide) rings is 1. The summed E-state index contributed by atoms with van der Waals surface area (Å²) in [6, 6.07) is 0. The van der Waals surface area contributed by atoms with E-state index in [1.165, 1.54) is 16.7 Å². The van der Waals surface area contributed by atoms with Gasteiger partial charge in [0.2, 0.25) is 12.7 Å². The molecule has 6 nitrogen and oxygen atoms in total. The van der Waals surface area contributed by atoms with Crippen molar-refractivity contribution in [1.82, 2.24) is 4.90 Å². The van der Waals surface area contributed by atoms with E-state index in [1.54, 1.807) is 27.7 Å². The zero-order valence-corrected chi connectivity index (χ0v) is 12.7. The van der Waals surface area contributed by atoms with Gasteiger partial charge in [-0.3, -0.25) is 14.5 Å². The summed E-state index contributed by atoms with van der Waals surface area (Å²) in [7, 11) is 0. The average Bonchev–Trinajstić information content (AvgIpc) is 2.59. The number of ether oxygens (including phenoxy) is 2. The minimum atomic E-state index is -0.649. The summed E-state index contributed by atoms with van der Waals surface area (Å²) >= 11 is 1.48. The largest absolute Gasteiger partial charge is 0.427 e. The smallest absolute Gasteiger partial charge is 0.358 e. The van der Waals surface area contributed by atoms with Gasteiger partial charge in [0.15, 0.2) is 0 Å². The van der Waals surface area contributed by atoms with Crippen molar-refractivity contribution >= 4 is 29.6 Å². The van der Waals surface area contributed by atoms with Gasteiger partial charge >= 0.3 is 11.9 Å². The molecule has 0 bridgehead atoms. The topological polar surface area (TPSA) is 72.9 Å². The SMILES string of the molecule is CC1=C(C(=O)OCOC(=O)C(C)(C)C)N2C(=O)C[C@H]2S1. The molecule has 0 radical (unpaired) electrons. The number of carbonyl (C=O) groups is 3. The highest BCUT2D eigenvalue weighted by atomic mass is 32.2. The molecule has 7 heteroatoms. The highest BCUT2D eigenvalue weighted by Gasteiger charge is 2.47. The highest BCUT2D eigenvalue weighted by molar-refractivity contribution is 8.04. The van der Waals surface area contributed by atoms with E-state index in [-0.39, 0.29) is 17.0 Å². The van der Waals surface area contributed by atoms with E-state index in [1.807, 2.05) is 0 Å². The van der Waals surface area contributed by atoms with Gasteiger partial charge in [0, 0.05) is 4.91 Å². The highest BCUT2D eigenvalue weighted by Crippen LogP contribution is 2.45. The molecule has 0 unspecified atom stereocenters. The Morgan fingerprint density at radius 2 is 2.00 bits per heavy atom. The van der Waals surface area contributed by atoms with Crippen LogP contribution < -0.4 is 0 Å². The summed E-state index contributed by atoms with van der Waals surface area (Å²) in [5.41, 5.74) is -0.383. The fraction of sp³-hybridized carbons (Fsp3) is 0.615. The minimum absolute atomic E-state index is 0.0159. The van der Waals surface area contributed by atoms with Crippen molar-refractivity contribution in [1.29, 1.82) is 0 Å². The molecule has 110 valence electrons. The van der Waals surface area contributed by atoms with Crippen LogP contribution in [0.3, 0.4) is 0 Å². The van der Waals surface area contributed by atoms with Crippen molar-refractivity contribution in [2.24, 2.45) is 5.41 Å². The molecule has 20 heavy (non-hydrogen) atoms. The fourth-order valence-electron chi connectivity index (χ4n) is 1.84. The molecule has 0 aromatic rings. The maximum Gasteiger partial charge on any atom is 0.358 e. The second-order valence-electron chi connectivity index (χ2n) is 5.68. The van der Waals surface area contributed by atoms with Gasteiger partial charge in [-0.1, -0.05) is 0 Å². The minimum Gasteiger partial charge on any atom is -0.427 e. The summed E-state index contributed by atoms with van der Waals surface area (Å²) < 4.78 is 9.78. The maximum atomic E-state index is 11.9. The zero-order valence-electron chi connectivity index (χ0n) is 11.9. The van der Waals surface area contributed by atoms with E-state index in [2.05, 4.69) is 0 Å². The second kappa shape index (κ2) is 5.12. The summed E-state index contributed by atoms with van der Waals surface area (Å²) in [6.45, 7) is 6.46. The lowest BCUT2D eigenvalue weighted by Crippen LogP contribution is -2.48. The number of allylic oxidation sites excluding steroid dienone is 1. The molecule has 2 aliphatic heterocycles. The van der Waals surface area contributed by atoms with Crippen LogP contribution in [0.15, 0.2) is 10.6 Å². The molecule has 1 fully saturated rings. The van der Waals surface area contributed by atoms with Crippen LogP contribution in [0.1, 0.15) is 34.1 Å². The molecule has 0 aromatic heterocycles. The summed E-state index contributed by atoms with van der Waals surface area (Å²) in [6.07, 6.45) is 0.442. The number of amides is 1. The lowest BCUT2D eigenvalue weighted by Gasteiger charge is -2.34. The van der Waals surface area contributed by atoms with Crippen molar-refractivity contribution in [2.45, 2.75) is 39.5 Å². The summed E-state index contributed by atoms with van der Waals surface area (Å²) in [5.74, 6) is -1.17. The van der Waals surface area contributed by atoms with Gasteiger partial charge in [-0.15, -0.1) is 11.8 Å². The molecule has 2 aliphatic rings. The predicted molar refractivity (Wildman–Crippen MR) is 72.0 cm³/mol. The van der Waals surface area contributed by atoms with Crippen LogP contribution in [0.25, 0.3) is 0 Å². The Bertz CT molecular complexity index is 505. The van der Waals surface area contributed by atoms with Crippen LogP contribution in [0.4, 0.5) is 0 Å². The van der Waals surface area contributed by atoms with Crippen LogP contribution in [-0.2, 0) is 23.9 Å². The summed E-state index contributed by atoms with van der Waals surface area (Å²) in [5, 5.41) is 0.0159. The van der Waals surface area contributed by atoms with Crippen LogP contribution >= 0.6 is 11.8 Å². The van der Waals surface area contributed by atoms with E-state index >= 15 is 0 Å². The second-order valence-corrected chi connectivity index (χ2v) is 7.07. The van der Waals surface area contributed by atoms with Crippen LogP contribution in [0.5, 0.6) is 0 Å². The predicted octanol–water partition coefficient (Wildman–Crippen LogP) is 1.61. The number of hydrogen-bond acceptors (Lipinski definition) is 6. The van der Waals surface area contributed by atoms with E-state index < -0.39 is 24.1 Å². The van der Waals surface area contributed by atoms with Crippen LogP contribution in [0, 0.1) is 5.41 Å². The quantitative estimate of drug-likeness (QED) is 0.448. The van der Waals surface area contributed by atoms with Crippen molar-refractivity contribution < 1.29 is 23.9 Å². The molecule has 1 saturated heterocycles. The first-order valence-electron chi connectivity index (χ1n) is 6.26. The molecule has 1 atom stereocenters. The fourth-order valence-corrected chi connectivity index (χ4v) is 3.10. The van der Waals surface area contributed by atoms with Crippen LogP contribution in [-0.4, -0.2) is 34.9 Å². The molecule has 0 N–H and O–H groups in total. The van der Waals surface area contributed by atoms with E-state index in [0.29, 0.717) is 6.42 Å². The van der Waals surface area contributed by atoms with E-state index in [0.717, 1.165) is 4.91 Å². The normalized spacial score (nSPS) is 21.5. The molecule has 1 amide bonds. The maximum absolute atomic E-state index is 11.9. The first kappa shape index (κ1) is 14.9. The van der Waals surface area contributed by atoms with E-state index in [4.69, 9.17) is 9.47 Å². The number of esters is 2. The molecule has 0 aliphatic carbocycles. The third kappa shape index (κ3) is 2.67. The van der Waals surface area contributed by atoms with Gasteiger partial charge in [0.05, 0.1) is 17.2 Å². The molecule has 0 saturated carbocycles. The number of hydrogen-bond donors (Lipinski definition) is 0. The first-order chi connectivity index (χ1) is 9.21. The first-order valence-corrected chi connectivity index (χ1v) is 7.13. The molecule has 0 spiro atoms. The molecular formula is C13H17NO5S. The number of thioether (sulfide) groups is 1. The summed E-state index contributed by atoms with van der Waals surface area (Å²) in [4.78, 5) is 37.1. The van der Waals surface area contributed by atoms with Crippen molar-refractivity contribution in [3.05, 3.63) is 10.6 Å². The number of carbonyl (C=O) groups excluding carboxylic acids is 3. The third-order valence-corrected chi connectivity index (χ3v) is 4.18. The standard InChI is InChI=1S/C13H17NO5S/c1-7-10(14-8(15)5-9(14)20-7)11(16)18-6-19-12(17)13(2,3)4/h9H,5-6H2,1-4H3/t9-/m1/s1. The van der Waals surface area contributed by atoms with Gasteiger partial charge in [-0.2, -0.15) is 0 Å². The third-order valence-electron chi connectivity index (χ3n) is 2.98. The molecule has 2 rings (SSSR count). The van der Waals surface area contributed by atoms with Gasteiger partial charge in [0.1, 0.15) is 5.70 Å². The average molecular weight is 299 g/mol. The van der Waals surface area contributed by atoms with Gasteiger partial charge < -0.3 is 9.47 Å². The lowest BCUT2D eigenvalue weighted by molar-refractivity contribution is -0.173. The Morgan fingerprint density at radius 3 is 2.55 bits per heavy atom.